The number of amides is 2. The van der Waals surface area contributed by atoms with E-state index < -0.39 is 11.9 Å². The topological polar surface area (TPSA) is 82.5 Å². The highest BCUT2D eigenvalue weighted by atomic mass is 16.4. The molecule has 0 unspecified atom stereocenters. The zero-order chi connectivity index (χ0) is 14.0. The van der Waals surface area contributed by atoms with Crippen LogP contribution >= 0.6 is 0 Å². The van der Waals surface area contributed by atoms with E-state index in [1.807, 2.05) is 19.9 Å². The largest absolute Gasteiger partial charge is 0.481 e. The van der Waals surface area contributed by atoms with Gasteiger partial charge < -0.3 is 15.3 Å². The summed E-state index contributed by atoms with van der Waals surface area (Å²) in [5.41, 5.74) is 1.58. The van der Waals surface area contributed by atoms with Gasteiger partial charge in [0, 0.05) is 19.3 Å². The van der Waals surface area contributed by atoms with Gasteiger partial charge in [0.05, 0.1) is 17.8 Å². The van der Waals surface area contributed by atoms with Crippen LogP contribution in [-0.4, -0.2) is 40.1 Å². The van der Waals surface area contributed by atoms with Gasteiger partial charge >= 0.3 is 12.0 Å². The van der Waals surface area contributed by atoms with Gasteiger partial charge in [0.15, 0.2) is 0 Å². The first-order valence-corrected chi connectivity index (χ1v) is 6.17. The Morgan fingerprint density at radius 3 is 2.74 bits per heavy atom. The maximum Gasteiger partial charge on any atom is 0.321 e. The van der Waals surface area contributed by atoms with Gasteiger partial charge in [-0.2, -0.15) is 0 Å². The first kappa shape index (κ1) is 13.3. The smallest absolute Gasteiger partial charge is 0.321 e. The predicted octanol–water partition coefficient (Wildman–Crippen LogP) is 1.57. The van der Waals surface area contributed by atoms with E-state index in [0.29, 0.717) is 12.2 Å². The van der Waals surface area contributed by atoms with Crippen LogP contribution in [0, 0.1) is 18.8 Å². The molecule has 0 aliphatic carbocycles. The Balaban J connectivity index is 2.00. The second kappa shape index (κ2) is 5.26. The van der Waals surface area contributed by atoms with Crippen molar-refractivity contribution >= 4 is 17.7 Å². The van der Waals surface area contributed by atoms with E-state index in [2.05, 4.69) is 10.3 Å². The fourth-order valence-corrected chi connectivity index (χ4v) is 2.28. The van der Waals surface area contributed by atoms with Crippen molar-refractivity contribution in [3.8, 4) is 0 Å². The van der Waals surface area contributed by atoms with Crippen LogP contribution in [0.1, 0.15) is 12.5 Å². The molecule has 1 aromatic rings. The standard InChI is InChI=1S/C13H17N3O3/c1-8-3-10(5-14-4-8)15-13(19)16-6-9(2)11(7-16)12(17)18/h3-5,9,11H,6-7H2,1-2H3,(H,15,19)(H,17,18)/t9-,11-/m1/s1. The van der Waals surface area contributed by atoms with Crippen molar-refractivity contribution in [2.75, 3.05) is 18.4 Å². The van der Waals surface area contributed by atoms with Gasteiger partial charge in [-0.05, 0) is 24.5 Å². The second-order valence-corrected chi connectivity index (χ2v) is 5.01. The number of carbonyl (C=O) groups is 2. The number of aryl methyl sites for hydroxylation is 1. The van der Waals surface area contributed by atoms with Crippen molar-refractivity contribution in [1.29, 1.82) is 0 Å². The average molecular weight is 263 g/mol. The molecule has 0 aromatic carbocycles. The molecule has 6 heteroatoms. The number of pyridine rings is 1. The molecule has 0 radical (unpaired) electrons. The van der Waals surface area contributed by atoms with Crippen LogP contribution in [0.3, 0.4) is 0 Å². The molecule has 6 nitrogen and oxygen atoms in total. The molecule has 19 heavy (non-hydrogen) atoms. The number of nitrogens with one attached hydrogen (secondary N) is 1. The van der Waals surface area contributed by atoms with Crippen LogP contribution < -0.4 is 5.32 Å². The zero-order valence-electron chi connectivity index (χ0n) is 11.0. The average Bonchev–Trinajstić information content (AvgIpc) is 2.71. The third-order valence-electron chi connectivity index (χ3n) is 3.34. The number of hydrogen-bond acceptors (Lipinski definition) is 3. The van der Waals surface area contributed by atoms with Crippen LogP contribution in [0.5, 0.6) is 0 Å². The number of carboxylic acids is 1. The number of hydrogen-bond donors (Lipinski definition) is 2. The Hall–Kier alpha value is -2.11. The molecule has 2 atom stereocenters. The number of carboxylic acid groups (broad SMARTS) is 1. The zero-order valence-corrected chi connectivity index (χ0v) is 11.0. The summed E-state index contributed by atoms with van der Waals surface area (Å²) in [5.74, 6) is -1.36. The lowest BCUT2D eigenvalue weighted by molar-refractivity contribution is -0.142. The molecule has 102 valence electrons. The van der Waals surface area contributed by atoms with Gasteiger partial charge in [0.2, 0.25) is 0 Å². The molecule has 0 bridgehead atoms. The maximum atomic E-state index is 12.0. The summed E-state index contributed by atoms with van der Waals surface area (Å²) in [6.07, 6.45) is 3.27. The number of rotatable bonds is 2. The Kier molecular flexibility index (Phi) is 3.69. The highest BCUT2D eigenvalue weighted by Gasteiger charge is 2.36. The molecule has 1 aliphatic heterocycles. The van der Waals surface area contributed by atoms with Gasteiger partial charge in [-0.1, -0.05) is 6.92 Å². The minimum atomic E-state index is -0.847. The Labute approximate surface area is 111 Å². The van der Waals surface area contributed by atoms with Crippen molar-refractivity contribution in [2.45, 2.75) is 13.8 Å². The molecule has 2 amide bonds. The quantitative estimate of drug-likeness (QED) is 0.848. The molecule has 1 aromatic heterocycles. The first-order valence-electron chi connectivity index (χ1n) is 6.17. The van der Waals surface area contributed by atoms with E-state index in [9.17, 15) is 9.59 Å². The van der Waals surface area contributed by atoms with Gasteiger partial charge in [-0.25, -0.2) is 4.79 Å². The second-order valence-electron chi connectivity index (χ2n) is 5.01. The fraction of sp³-hybridized carbons (Fsp3) is 0.462. The van der Waals surface area contributed by atoms with Crippen LogP contribution in [0.4, 0.5) is 10.5 Å². The summed E-state index contributed by atoms with van der Waals surface area (Å²) in [6, 6.07) is 1.54. The van der Waals surface area contributed by atoms with E-state index in [-0.39, 0.29) is 18.5 Å². The number of aliphatic carboxylic acids is 1. The number of nitrogens with zero attached hydrogens (tertiary/aromatic N) is 2. The molecule has 1 aliphatic rings. The number of carbonyl (C=O) groups excluding carboxylic acids is 1. The highest BCUT2D eigenvalue weighted by Crippen LogP contribution is 2.23. The summed E-state index contributed by atoms with van der Waals surface area (Å²) in [4.78, 5) is 28.6. The van der Waals surface area contributed by atoms with Crippen LogP contribution in [0.15, 0.2) is 18.5 Å². The summed E-state index contributed by atoms with van der Waals surface area (Å²) >= 11 is 0. The Bertz CT molecular complexity index is 504. The number of likely N-dealkylation sites (tertiary alicyclic amines) is 1. The molecular weight excluding hydrogens is 246 g/mol. The van der Waals surface area contributed by atoms with Gasteiger partial charge in [-0.3, -0.25) is 9.78 Å². The van der Waals surface area contributed by atoms with Gasteiger partial charge in [0.1, 0.15) is 0 Å². The molecule has 2 rings (SSSR count). The van der Waals surface area contributed by atoms with E-state index in [0.717, 1.165) is 5.56 Å². The van der Waals surface area contributed by atoms with Crippen molar-refractivity contribution in [1.82, 2.24) is 9.88 Å². The lowest BCUT2D eigenvalue weighted by Crippen LogP contribution is -2.33. The van der Waals surface area contributed by atoms with E-state index >= 15 is 0 Å². The molecule has 1 saturated heterocycles. The molecule has 0 saturated carbocycles. The predicted molar refractivity (Wildman–Crippen MR) is 69.9 cm³/mol. The molecule has 2 N–H and O–H groups in total. The summed E-state index contributed by atoms with van der Waals surface area (Å²) in [6.45, 7) is 4.45. The van der Waals surface area contributed by atoms with E-state index in [1.54, 1.807) is 12.4 Å². The minimum absolute atomic E-state index is 0.0288. The lowest BCUT2D eigenvalue weighted by Gasteiger charge is -2.16. The summed E-state index contributed by atoms with van der Waals surface area (Å²) in [7, 11) is 0. The first-order chi connectivity index (χ1) is 8.97. The molecular formula is C13H17N3O3. The van der Waals surface area contributed by atoms with Crippen LogP contribution in [0.2, 0.25) is 0 Å². The third-order valence-corrected chi connectivity index (χ3v) is 3.34. The van der Waals surface area contributed by atoms with Crippen molar-refractivity contribution in [3.05, 3.63) is 24.0 Å². The van der Waals surface area contributed by atoms with E-state index in [4.69, 9.17) is 5.11 Å². The van der Waals surface area contributed by atoms with Gasteiger partial charge in [0.25, 0.3) is 0 Å². The van der Waals surface area contributed by atoms with Crippen molar-refractivity contribution < 1.29 is 14.7 Å². The fourth-order valence-electron chi connectivity index (χ4n) is 2.28. The molecule has 2 heterocycles. The minimum Gasteiger partial charge on any atom is -0.481 e. The maximum absolute atomic E-state index is 12.0. The Morgan fingerprint density at radius 1 is 1.42 bits per heavy atom. The van der Waals surface area contributed by atoms with Crippen LogP contribution in [-0.2, 0) is 4.79 Å². The lowest BCUT2D eigenvalue weighted by atomic mass is 9.99. The monoisotopic (exact) mass is 263 g/mol. The summed E-state index contributed by atoms with van der Waals surface area (Å²) < 4.78 is 0. The highest BCUT2D eigenvalue weighted by molar-refractivity contribution is 5.90. The number of urea groups is 1. The normalized spacial score (nSPS) is 22.3. The third kappa shape index (κ3) is 3.01. The number of aromatic nitrogens is 1. The molecule has 1 fully saturated rings. The Morgan fingerprint density at radius 2 is 2.16 bits per heavy atom. The number of anilines is 1. The summed E-state index contributed by atoms with van der Waals surface area (Å²) in [5, 5.41) is 11.8. The van der Waals surface area contributed by atoms with E-state index in [1.165, 1.54) is 4.90 Å². The van der Waals surface area contributed by atoms with Crippen LogP contribution in [0.25, 0.3) is 0 Å². The van der Waals surface area contributed by atoms with Crippen molar-refractivity contribution in [2.24, 2.45) is 11.8 Å². The van der Waals surface area contributed by atoms with Gasteiger partial charge in [-0.15, -0.1) is 0 Å². The molecule has 0 spiro atoms. The SMILES string of the molecule is Cc1cncc(NC(=O)N2C[C@@H](C)[C@H](C(=O)O)C2)c1. The van der Waals surface area contributed by atoms with Crippen molar-refractivity contribution in [3.63, 3.8) is 0 Å².